The Kier molecular flexibility index (Phi) is 7.87. The third-order valence-electron chi connectivity index (χ3n) is 4.16. The summed E-state index contributed by atoms with van der Waals surface area (Å²) >= 11 is 0. The predicted octanol–water partition coefficient (Wildman–Crippen LogP) is 2.04. The van der Waals surface area contributed by atoms with E-state index in [0.29, 0.717) is 0 Å². The van der Waals surface area contributed by atoms with E-state index in [4.69, 9.17) is 0 Å². The standard InChI is InChI=1S/C15H33N3/c1-14-8-5-6-9-15(14)16-10-13-18(4)12-7-11-17(2)3/h14-16H,5-13H2,1-4H3. The molecular weight excluding hydrogens is 222 g/mol. The molecule has 2 unspecified atom stereocenters. The van der Waals surface area contributed by atoms with Crippen molar-refractivity contribution in [1.29, 1.82) is 0 Å². The van der Waals surface area contributed by atoms with Crippen LogP contribution >= 0.6 is 0 Å². The van der Waals surface area contributed by atoms with Crippen LogP contribution in [-0.2, 0) is 0 Å². The lowest BCUT2D eigenvalue weighted by atomic mass is 9.86. The smallest absolute Gasteiger partial charge is 0.0104 e. The van der Waals surface area contributed by atoms with Gasteiger partial charge in [0.05, 0.1) is 0 Å². The highest BCUT2D eigenvalue weighted by molar-refractivity contribution is 4.78. The minimum absolute atomic E-state index is 0.772. The van der Waals surface area contributed by atoms with Crippen LogP contribution in [0.2, 0.25) is 0 Å². The summed E-state index contributed by atoms with van der Waals surface area (Å²) in [4.78, 5) is 4.71. The molecule has 1 aliphatic rings. The molecule has 0 spiro atoms. The predicted molar refractivity (Wildman–Crippen MR) is 80.1 cm³/mol. The normalized spacial score (nSPS) is 25.0. The summed E-state index contributed by atoms with van der Waals surface area (Å²) in [6.07, 6.45) is 6.91. The lowest BCUT2D eigenvalue weighted by Gasteiger charge is -2.30. The molecule has 18 heavy (non-hydrogen) atoms. The average molecular weight is 255 g/mol. The number of rotatable bonds is 8. The molecule has 3 nitrogen and oxygen atoms in total. The van der Waals surface area contributed by atoms with Crippen LogP contribution in [0.3, 0.4) is 0 Å². The first-order chi connectivity index (χ1) is 8.59. The van der Waals surface area contributed by atoms with E-state index in [1.54, 1.807) is 0 Å². The molecule has 0 radical (unpaired) electrons. The first kappa shape index (κ1) is 15.9. The molecule has 0 saturated heterocycles. The number of hydrogen-bond donors (Lipinski definition) is 1. The Hall–Kier alpha value is -0.120. The van der Waals surface area contributed by atoms with Crippen molar-refractivity contribution < 1.29 is 0 Å². The lowest BCUT2D eigenvalue weighted by Crippen LogP contribution is -2.41. The van der Waals surface area contributed by atoms with Crippen LogP contribution in [0.15, 0.2) is 0 Å². The van der Waals surface area contributed by atoms with E-state index in [-0.39, 0.29) is 0 Å². The van der Waals surface area contributed by atoms with E-state index in [1.165, 1.54) is 51.7 Å². The van der Waals surface area contributed by atoms with Crippen molar-refractivity contribution >= 4 is 0 Å². The molecule has 0 aromatic rings. The minimum Gasteiger partial charge on any atom is -0.312 e. The molecule has 0 heterocycles. The maximum absolute atomic E-state index is 3.75. The molecule has 1 fully saturated rings. The summed E-state index contributed by atoms with van der Waals surface area (Å²) in [5.74, 6) is 0.873. The summed E-state index contributed by atoms with van der Waals surface area (Å²) in [6.45, 7) is 7.12. The monoisotopic (exact) mass is 255 g/mol. The molecule has 0 aromatic carbocycles. The van der Waals surface area contributed by atoms with Gasteiger partial charge in [-0.15, -0.1) is 0 Å². The molecule has 2 atom stereocenters. The fraction of sp³-hybridized carbons (Fsp3) is 1.00. The van der Waals surface area contributed by atoms with Gasteiger partial charge in [0.1, 0.15) is 0 Å². The number of likely N-dealkylation sites (N-methyl/N-ethyl adjacent to an activating group) is 1. The van der Waals surface area contributed by atoms with Gasteiger partial charge >= 0.3 is 0 Å². The molecule has 3 heteroatoms. The molecule has 1 saturated carbocycles. The van der Waals surface area contributed by atoms with Crippen LogP contribution in [-0.4, -0.2) is 63.2 Å². The lowest BCUT2D eigenvalue weighted by molar-refractivity contribution is 0.255. The van der Waals surface area contributed by atoms with E-state index in [2.05, 4.69) is 43.2 Å². The van der Waals surface area contributed by atoms with E-state index < -0.39 is 0 Å². The zero-order valence-electron chi connectivity index (χ0n) is 12.9. The third kappa shape index (κ3) is 6.72. The zero-order chi connectivity index (χ0) is 13.4. The van der Waals surface area contributed by atoms with Crippen molar-refractivity contribution in [3.8, 4) is 0 Å². The van der Waals surface area contributed by atoms with Crippen LogP contribution in [0.1, 0.15) is 39.0 Å². The Labute approximate surface area is 114 Å². The van der Waals surface area contributed by atoms with Crippen LogP contribution in [0, 0.1) is 5.92 Å². The molecule has 0 bridgehead atoms. The average Bonchev–Trinajstić information content (AvgIpc) is 2.31. The molecule has 1 rings (SSSR count). The van der Waals surface area contributed by atoms with E-state index in [0.717, 1.165) is 18.5 Å². The summed E-state index contributed by atoms with van der Waals surface area (Å²) in [5, 5.41) is 3.75. The minimum atomic E-state index is 0.772. The Bertz CT molecular complexity index is 206. The van der Waals surface area contributed by atoms with Crippen LogP contribution in [0.4, 0.5) is 0 Å². The van der Waals surface area contributed by atoms with Crippen molar-refractivity contribution in [2.24, 2.45) is 5.92 Å². The van der Waals surface area contributed by atoms with Gasteiger partial charge in [-0.1, -0.05) is 19.8 Å². The Morgan fingerprint density at radius 1 is 1.00 bits per heavy atom. The Morgan fingerprint density at radius 3 is 2.39 bits per heavy atom. The second-order valence-corrected chi connectivity index (χ2v) is 6.28. The molecule has 0 amide bonds. The fourth-order valence-electron chi connectivity index (χ4n) is 2.83. The van der Waals surface area contributed by atoms with Gasteiger partial charge in [0, 0.05) is 19.1 Å². The SMILES string of the molecule is CC1CCCCC1NCCN(C)CCCN(C)C. The van der Waals surface area contributed by atoms with Gasteiger partial charge in [0.15, 0.2) is 0 Å². The third-order valence-corrected chi connectivity index (χ3v) is 4.16. The van der Waals surface area contributed by atoms with Gasteiger partial charge in [0.25, 0.3) is 0 Å². The second-order valence-electron chi connectivity index (χ2n) is 6.28. The fourth-order valence-corrected chi connectivity index (χ4v) is 2.83. The summed E-state index contributed by atoms with van der Waals surface area (Å²) in [7, 11) is 6.53. The first-order valence-corrected chi connectivity index (χ1v) is 7.66. The Balaban J connectivity index is 2.02. The van der Waals surface area contributed by atoms with Crippen molar-refractivity contribution in [3.05, 3.63) is 0 Å². The van der Waals surface area contributed by atoms with Gasteiger partial charge in [-0.25, -0.2) is 0 Å². The molecule has 0 aliphatic heterocycles. The second kappa shape index (κ2) is 8.89. The first-order valence-electron chi connectivity index (χ1n) is 7.66. The highest BCUT2D eigenvalue weighted by atomic mass is 15.1. The summed E-state index contributed by atoms with van der Waals surface area (Å²) in [6, 6.07) is 0.772. The maximum atomic E-state index is 3.75. The van der Waals surface area contributed by atoms with Gasteiger partial charge in [-0.3, -0.25) is 0 Å². The quantitative estimate of drug-likeness (QED) is 0.716. The number of nitrogens with zero attached hydrogens (tertiary/aromatic N) is 2. The van der Waals surface area contributed by atoms with Gasteiger partial charge < -0.3 is 15.1 Å². The molecule has 0 aromatic heterocycles. The summed E-state index contributed by atoms with van der Waals surface area (Å²) < 4.78 is 0. The van der Waals surface area contributed by atoms with E-state index in [1.807, 2.05) is 0 Å². The van der Waals surface area contributed by atoms with Crippen LogP contribution in [0.5, 0.6) is 0 Å². The van der Waals surface area contributed by atoms with Crippen LogP contribution in [0.25, 0.3) is 0 Å². The largest absolute Gasteiger partial charge is 0.312 e. The topological polar surface area (TPSA) is 18.5 Å². The molecular formula is C15H33N3. The van der Waals surface area contributed by atoms with E-state index >= 15 is 0 Å². The molecule has 108 valence electrons. The summed E-state index contributed by atoms with van der Waals surface area (Å²) in [5.41, 5.74) is 0. The van der Waals surface area contributed by atoms with Crippen molar-refractivity contribution in [2.45, 2.75) is 45.1 Å². The highest BCUT2D eigenvalue weighted by Gasteiger charge is 2.20. The van der Waals surface area contributed by atoms with Crippen molar-refractivity contribution in [3.63, 3.8) is 0 Å². The zero-order valence-corrected chi connectivity index (χ0v) is 12.9. The van der Waals surface area contributed by atoms with Gasteiger partial charge in [-0.2, -0.15) is 0 Å². The molecule has 1 N–H and O–H groups in total. The molecule has 1 aliphatic carbocycles. The number of nitrogens with one attached hydrogen (secondary N) is 1. The highest BCUT2D eigenvalue weighted by Crippen LogP contribution is 2.23. The maximum Gasteiger partial charge on any atom is 0.0104 e. The van der Waals surface area contributed by atoms with Crippen molar-refractivity contribution in [2.75, 3.05) is 47.3 Å². The van der Waals surface area contributed by atoms with Gasteiger partial charge in [0.2, 0.25) is 0 Å². The van der Waals surface area contributed by atoms with Crippen LogP contribution < -0.4 is 5.32 Å². The van der Waals surface area contributed by atoms with E-state index in [9.17, 15) is 0 Å². The van der Waals surface area contributed by atoms with Crippen molar-refractivity contribution in [1.82, 2.24) is 15.1 Å². The Morgan fingerprint density at radius 2 is 1.72 bits per heavy atom. The number of hydrogen-bond acceptors (Lipinski definition) is 3. The van der Waals surface area contributed by atoms with Gasteiger partial charge in [-0.05, 0) is 59.4 Å².